The number of aromatic carboxylic acids is 1. The molecule has 0 bridgehead atoms. The van der Waals surface area contributed by atoms with Crippen molar-refractivity contribution in [1.29, 1.82) is 0 Å². The molecule has 1 aromatic heterocycles. The summed E-state index contributed by atoms with van der Waals surface area (Å²) in [5.41, 5.74) is 2.67. The van der Waals surface area contributed by atoms with Gasteiger partial charge in [0.25, 0.3) is 6.17 Å². The molecule has 146 valence electrons. The molecular formula is C20H16BrN4O3S+. The topological polar surface area (TPSA) is 99.0 Å². The van der Waals surface area contributed by atoms with Gasteiger partial charge in [-0.05, 0) is 47.1 Å². The highest BCUT2D eigenvalue weighted by Gasteiger charge is 2.37. The Kier molecular flexibility index (Phi) is 5.25. The summed E-state index contributed by atoms with van der Waals surface area (Å²) in [6, 6.07) is 12.2. The number of aromatic nitrogens is 3. The molecule has 9 heteroatoms. The molecule has 2 aromatic carbocycles. The lowest BCUT2D eigenvalue weighted by Crippen LogP contribution is -2.55. The van der Waals surface area contributed by atoms with Crippen molar-refractivity contribution < 1.29 is 14.6 Å². The molecule has 29 heavy (non-hydrogen) atoms. The van der Waals surface area contributed by atoms with Crippen molar-refractivity contribution in [3.8, 4) is 11.3 Å². The zero-order valence-electron chi connectivity index (χ0n) is 15.1. The number of hydrogen-bond donors (Lipinski definition) is 3. The van der Waals surface area contributed by atoms with E-state index >= 15 is 0 Å². The Morgan fingerprint density at radius 2 is 2.07 bits per heavy atom. The summed E-state index contributed by atoms with van der Waals surface area (Å²) in [4.78, 5) is 27.0. The van der Waals surface area contributed by atoms with Crippen molar-refractivity contribution in [3.05, 3.63) is 81.1 Å². The van der Waals surface area contributed by atoms with Gasteiger partial charge in [0.1, 0.15) is 0 Å². The van der Waals surface area contributed by atoms with Crippen molar-refractivity contribution in [2.24, 2.45) is 0 Å². The van der Waals surface area contributed by atoms with Gasteiger partial charge in [0, 0.05) is 20.9 Å². The summed E-state index contributed by atoms with van der Waals surface area (Å²) < 4.78 is 2.49. The summed E-state index contributed by atoms with van der Waals surface area (Å²) in [5.74, 6) is -0.385. The first-order valence-corrected chi connectivity index (χ1v) is 10.5. The maximum absolute atomic E-state index is 13.0. The number of benzene rings is 2. The van der Waals surface area contributed by atoms with E-state index in [2.05, 4.69) is 37.9 Å². The first kappa shape index (κ1) is 19.4. The van der Waals surface area contributed by atoms with Gasteiger partial charge >= 0.3 is 17.2 Å². The van der Waals surface area contributed by atoms with Gasteiger partial charge < -0.3 is 10.4 Å². The van der Waals surface area contributed by atoms with E-state index in [1.807, 2.05) is 18.2 Å². The molecule has 7 nitrogen and oxygen atoms in total. The highest BCUT2D eigenvalue weighted by atomic mass is 79.9. The third-order valence-electron chi connectivity index (χ3n) is 4.45. The first-order chi connectivity index (χ1) is 14.0. The average Bonchev–Trinajstić information content (AvgIpc) is 2.71. The number of fused-ring (bicyclic) bond motifs is 3. The number of carboxylic acid groups (broad SMARTS) is 1. The molecule has 0 radical (unpaired) electrons. The average molecular weight is 472 g/mol. The van der Waals surface area contributed by atoms with E-state index in [4.69, 9.17) is 5.11 Å². The van der Waals surface area contributed by atoms with Gasteiger partial charge in [-0.2, -0.15) is 0 Å². The number of thioether (sulfide) groups is 1. The number of hydrogen-bond acceptors (Lipinski definition) is 5. The van der Waals surface area contributed by atoms with E-state index in [0.29, 0.717) is 16.6 Å². The molecule has 0 spiro atoms. The van der Waals surface area contributed by atoms with Crippen molar-refractivity contribution in [1.82, 2.24) is 10.1 Å². The number of carbonyl (C=O) groups is 1. The number of H-pyrrole nitrogens is 1. The monoisotopic (exact) mass is 471 g/mol. The SMILES string of the molecule is C=CCSc1n[n+]2c(c(=O)[nH]1)-c1cc(Br)ccc1N[C@@H]2c1ccc(C(=O)O)cc1. The smallest absolute Gasteiger partial charge is 0.335 e. The predicted octanol–water partition coefficient (Wildman–Crippen LogP) is 3.44. The lowest BCUT2D eigenvalue weighted by molar-refractivity contribution is -0.759. The van der Waals surface area contributed by atoms with E-state index < -0.39 is 12.1 Å². The Morgan fingerprint density at radius 1 is 1.31 bits per heavy atom. The maximum atomic E-state index is 13.0. The summed E-state index contributed by atoms with van der Waals surface area (Å²) in [7, 11) is 0. The zero-order valence-corrected chi connectivity index (χ0v) is 17.5. The van der Waals surface area contributed by atoms with Gasteiger partial charge in [-0.3, -0.25) is 9.78 Å². The summed E-state index contributed by atoms with van der Waals surface area (Å²) >= 11 is 4.83. The summed E-state index contributed by atoms with van der Waals surface area (Å²) in [5, 5.41) is 17.7. The van der Waals surface area contributed by atoms with Crippen LogP contribution in [0.25, 0.3) is 11.3 Å². The molecule has 3 N–H and O–H groups in total. The highest BCUT2D eigenvalue weighted by molar-refractivity contribution is 9.10. The summed E-state index contributed by atoms with van der Waals surface area (Å²) in [6.45, 7) is 3.70. The van der Waals surface area contributed by atoms with Gasteiger partial charge in [0.2, 0.25) is 5.16 Å². The van der Waals surface area contributed by atoms with Crippen LogP contribution in [-0.2, 0) is 0 Å². The van der Waals surface area contributed by atoms with Crippen LogP contribution in [0.2, 0.25) is 0 Å². The normalized spacial score (nSPS) is 14.4. The fourth-order valence-electron chi connectivity index (χ4n) is 3.15. The van der Waals surface area contributed by atoms with Gasteiger partial charge in [-0.25, -0.2) is 4.79 Å². The molecule has 0 aliphatic carbocycles. The molecule has 0 amide bonds. The predicted molar refractivity (Wildman–Crippen MR) is 114 cm³/mol. The number of nitrogens with zero attached hydrogens (tertiary/aromatic N) is 2. The van der Waals surface area contributed by atoms with Gasteiger partial charge in [0.15, 0.2) is 0 Å². The number of carboxylic acids is 1. The lowest BCUT2D eigenvalue weighted by atomic mass is 10.0. The van der Waals surface area contributed by atoms with Crippen LogP contribution in [0.15, 0.2) is 69.5 Å². The van der Waals surface area contributed by atoms with Crippen LogP contribution in [0.1, 0.15) is 22.1 Å². The molecule has 4 rings (SSSR count). The van der Waals surface area contributed by atoms with E-state index in [1.54, 1.807) is 22.9 Å². The second-order valence-electron chi connectivity index (χ2n) is 6.32. The molecule has 1 atom stereocenters. The van der Waals surface area contributed by atoms with Crippen molar-refractivity contribution in [2.75, 3.05) is 11.1 Å². The minimum atomic E-state index is -0.992. The Bertz CT molecular complexity index is 1180. The molecule has 3 aromatic rings. The quantitative estimate of drug-likeness (QED) is 0.299. The molecule has 1 aliphatic heterocycles. The Balaban J connectivity index is 1.89. The second kappa shape index (κ2) is 7.84. The van der Waals surface area contributed by atoms with Crippen LogP contribution in [0.4, 0.5) is 5.69 Å². The minimum Gasteiger partial charge on any atom is -0.478 e. The van der Waals surface area contributed by atoms with Crippen molar-refractivity contribution in [2.45, 2.75) is 11.3 Å². The molecule has 0 saturated carbocycles. The lowest BCUT2D eigenvalue weighted by Gasteiger charge is -2.22. The largest absolute Gasteiger partial charge is 0.478 e. The molecular weight excluding hydrogens is 456 g/mol. The Labute approximate surface area is 178 Å². The van der Waals surface area contributed by atoms with Crippen LogP contribution in [-0.4, -0.2) is 26.9 Å². The van der Waals surface area contributed by atoms with Crippen molar-refractivity contribution >= 4 is 39.3 Å². The van der Waals surface area contributed by atoms with E-state index in [0.717, 1.165) is 21.3 Å². The molecule has 0 saturated heterocycles. The third kappa shape index (κ3) is 3.70. The molecule has 2 heterocycles. The van der Waals surface area contributed by atoms with Crippen LogP contribution in [0.3, 0.4) is 0 Å². The van der Waals surface area contributed by atoms with E-state index in [9.17, 15) is 9.59 Å². The number of rotatable bonds is 5. The third-order valence-corrected chi connectivity index (χ3v) is 5.80. The van der Waals surface area contributed by atoms with E-state index in [1.165, 1.54) is 23.9 Å². The van der Waals surface area contributed by atoms with Crippen LogP contribution < -0.4 is 15.6 Å². The number of halogens is 1. The standard InChI is InChI=1S/C20H15BrN4O3S/c1-2-9-29-20-23-18(26)16-14-10-13(21)7-8-15(14)22-17(25(16)24-20)11-3-5-12(6-4-11)19(27)28/h2-8,10,17H,1,9H2,(H2,23,24,26,27,28)/p+1/t17-/m0/s1. The number of anilines is 1. The van der Waals surface area contributed by atoms with Gasteiger partial charge in [-0.1, -0.05) is 33.8 Å². The van der Waals surface area contributed by atoms with Gasteiger partial charge in [0.05, 0.1) is 16.8 Å². The summed E-state index contributed by atoms with van der Waals surface area (Å²) in [6.07, 6.45) is 1.27. The molecule has 0 unspecified atom stereocenters. The highest BCUT2D eigenvalue weighted by Crippen LogP contribution is 2.34. The maximum Gasteiger partial charge on any atom is 0.335 e. The Morgan fingerprint density at radius 3 is 2.76 bits per heavy atom. The van der Waals surface area contributed by atoms with Gasteiger partial charge in [-0.15, -0.1) is 6.58 Å². The zero-order chi connectivity index (χ0) is 20.5. The Hall–Kier alpha value is -2.91. The van der Waals surface area contributed by atoms with Crippen LogP contribution in [0, 0.1) is 0 Å². The second-order valence-corrected chi connectivity index (χ2v) is 8.24. The number of aromatic amines is 1. The first-order valence-electron chi connectivity index (χ1n) is 8.67. The minimum absolute atomic E-state index is 0.195. The molecule has 1 aliphatic rings. The number of nitrogens with one attached hydrogen (secondary N) is 2. The fraction of sp³-hybridized carbons (Fsp3) is 0.100. The van der Waals surface area contributed by atoms with E-state index in [-0.39, 0.29) is 11.1 Å². The van der Waals surface area contributed by atoms with Crippen molar-refractivity contribution in [3.63, 3.8) is 0 Å². The molecule has 0 fully saturated rings. The van der Waals surface area contributed by atoms with Crippen LogP contribution in [0.5, 0.6) is 0 Å². The van der Waals surface area contributed by atoms with Crippen LogP contribution >= 0.6 is 27.7 Å². The fourth-order valence-corrected chi connectivity index (χ4v) is 4.10.